The molecule has 0 spiro atoms. The van der Waals surface area contributed by atoms with Gasteiger partial charge in [0.15, 0.2) is 0 Å². The van der Waals surface area contributed by atoms with Crippen molar-refractivity contribution in [2.75, 3.05) is 0 Å². The molecule has 2 N–H and O–H groups in total. The summed E-state index contributed by atoms with van der Waals surface area (Å²) in [6.07, 6.45) is 2.28. The zero-order valence-electron chi connectivity index (χ0n) is 9.30. The van der Waals surface area contributed by atoms with Crippen LogP contribution in [0, 0.1) is 0 Å². The maximum Gasteiger partial charge on any atom is 0.0414 e. The van der Waals surface area contributed by atoms with Crippen molar-refractivity contribution in [1.29, 1.82) is 0 Å². The van der Waals surface area contributed by atoms with Gasteiger partial charge < -0.3 is 5.73 Å². The van der Waals surface area contributed by atoms with Crippen LogP contribution in [0.1, 0.15) is 44.7 Å². The maximum absolute atomic E-state index is 6.27. The predicted octanol–water partition coefficient (Wildman–Crippen LogP) is 2.93. The van der Waals surface area contributed by atoms with Crippen molar-refractivity contribution in [3.8, 4) is 0 Å². The number of rotatable bonds is 1. The molecule has 2 rings (SSSR count). The Morgan fingerprint density at radius 1 is 1.14 bits per heavy atom. The smallest absolute Gasteiger partial charge is 0.0414 e. The van der Waals surface area contributed by atoms with Crippen LogP contribution in [0.15, 0.2) is 24.3 Å². The Morgan fingerprint density at radius 3 is 2.21 bits per heavy atom. The molecule has 1 aliphatic carbocycles. The minimum atomic E-state index is -0.0100. The Morgan fingerprint density at radius 2 is 1.71 bits per heavy atom. The molecule has 1 saturated carbocycles. The van der Waals surface area contributed by atoms with E-state index in [0.717, 1.165) is 12.8 Å². The Kier molecular flexibility index (Phi) is 1.97. The van der Waals surface area contributed by atoms with Crippen LogP contribution in [-0.4, -0.2) is 0 Å². The number of benzene rings is 1. The molecule has 1 aromatic carbocycles. The van der Waals surface area contributed by atoms with Crippen molar-refractivity contribution < 1.29 is 0 Å². The van der Waals surface area contributed by atoms with Gasteiger partial charge in [-0.25, -0.2) is 0 Å². The second-order valence-corrected chi connectivity index (χ2v) is 5.45. The number of hydrogen-bond donors (Lipinski definition) is 1. The first-order valence-electron chi connectivity index (χ1n) is 5.32. The summed E-state index contributed by atoms with van der Waals surface area (Å²) >= 11 is 0. The van der Waals surface area contributed by atoms with Gasteiger partial charge in [0, 0.05) is 5.54 Å². The van der Waals surface area contributed by atoms with Crippen molar-refractivity contribution in [3.63, 3.8) is 0 Å². The SMILES string of the molecule is CC(C)(C)c1ccccc1C1(N)CC1. The van der Waals surface area contributed by atoms with Crippen molar-refractivity contribution in [1.82, 2.24) is 0 Å². The highest BCUT2D eigenvalue weighted by Gasteiger charge is 2.42. The fourth-order valence-electron chi connectivity index (χ4n) is 1.98. The van der Waals surface area contributed by atoms with Crippen LogP contribution >= 0.6 is 0 Å². The van der Waals surface area contributed by atoms with E-state index in [9.17, 15) is 0 Å². The summed E-state index contributed by atoms with van der Waals surface area (Å²) in [6, 6.07) is 8.60. The van der Waals surface area contributed by atoms with Gasteiger partial charge in [-0.1, -0.05) is 45.0 Å². The summed E-state index contributed by atoms with van der Waals surface area (Å²) < 4.78 is 0. The summed E-state index contributed by atoms with van der Waals surface area (Å²) in [5.74, 6) is 0. The van der Waals surface area contributed by atoms with Crippen LogP contribution in [-0.2, 0) is 11.0 Å². The molecule has 1 nitrogen and oxygen atoms in total. The summed E-state index contributed by atoms with van der Waals surface area (Å²) in [4.78, 5) is 0. The van der Waals surface area contributed by atoms with E-state index >= 15 is 0 Å². The molecule has 76 valence electrons. The molecular weight excluding hydrogens is 170 g/mol. The van der Waals surface area contributed by atoms with Gasteiger partial charge in [0.05, 0.1) is 0 Å². The van der Waals surface area contributed by atoms with E-state index in [1.807, 2.05) is 0 Å². The molecule has 0 heterocycles. The van der Waals surface area contributed by atoms with Gasteiger partial charge >= 0.3 is 0 Å². The average Bonchev–Trinajstić information content (AvgIpc) is 2.84. The molecular formula is C13H19N. The molecule has 0 bridgehead atoms. The lowest BCUT2D eigenvalue weighted by Crippen LogP contribution is -2.25. The van der Waals surface area contributed by atoms with Gasteiger partial charge in [0.2, 0.25) is 0 Å². The minimum Gasteiger partial charge on any atom is -0.321 e. The summed E-state index contributed by atoms with van der Waals surface area (Å²) in [7, 11) is 0. The highest BCUT2D eigenvalue weighted by molar-refractivity contribution is 5.40. The highest BCUT2D eigenvalue weighted by atomic mass is 14.8. The number of hydrogen-bond acceptors (Lipinski definition) is 1. The zero-order valence-corrected chi connectivity index (χ0v) is 9.30. The molecule has 0 aromatic heterocycles. The Hall–Kier alpha value is -0.820. The monoisotopic (exact) mass is 189 g/mol. The van der Waals surface area contributed by atoms with E-state index < -0.39 is 0 Å². The summed E-state index contributed by atoms with van der Waals surface area (Å²) in [5.41, 5.74) is 9.21. The van der Waals surface area contributed by atoms with Crippen LogP contribution in [0.2, 0.25) is 0 Å². The molecule has 0 saturated heterocycles. The Labute approximate surface area is 86.3 Å². The van der Waals surface area contributed by atoms with E-state index in [1.165, 1.54) is 11.1 Å². The fraction of sp³-hybridized carbons (Fsp3) is 0.538. The average molecular weight is 189 g/mol. The van der Waals surface area contributed by atoms with Crippen molar-refractivity contribution in [3.05, 3.63) is 35.4 Å². The molecule has 0 radical (unpaired) electrons. The third-order valence-corrected chi connectivity index (χ3v) is 3.06. The van der Waals surface area contributed by atoms with Gasteiger partial charge in [-0.15, -0.1) is 0 Å². The van der Waals surface area contributed by atoms with Gasteiger partial charge in [-0.3, -0.25) is 0 Å². The topological polar surface area (TPSA) is 26.0 Å². The van der Waals surface area contributed by atoms with Gasteiger partial charge in [0.25, 0.3) is 0 Å². The normalized spacial score (nSPS) is 19.4. The van der Waals surface area contributed by atoms with Gasteiger partial charge in [-0.05, 0) is 29.4 Å². The van der Waals surface area contributed by atoms with E-state index in [4.69, 9.17) is 5.73 Å². The summed E-state index contributed by atoms with van der Waals surface area (Å²) in [5, 5.41) is 0. The maximum atomic E-state index is 6.27. The van der Waals surface area contributed by atoms with E-state index in [-0.39, 0.29) is 11.0 Å². The Bertz CT molecular complexity index is 318. The zero-order chi connectivity index (χ0) is 10.4. The minimum absolute atomic E-state index is 0.0100. The molecule has 1 aliphatic rings. The van der Waals surface area contributed by atoms with E-state index in [0.29, 0.717) is 0 Å². The third-order valence-electron chi connectivity index (χ3n) is 3.06. The van der Waals surface area contributed by atoms with E-state index in [2.05, 4.69) is 45.0 Å². The van der Waals surface area contributed by atoms with Gasteiger partial charge in [0.1, 0.15) is 0 Å². The molecule has 0 amide bonds. The van der Waals surface area contributed by atoms with Crippen molar-refractivity contribution >= 4 is 0 Å². The number of nitrogens with two attached hydrogens (primary N) is 1. The van der Waals surface area contributed by atoms with Crippen molar-refractivity contribution in [2.45, 2.75) is 44.6 Å². The largest absolute Gasteiger partial charge is 0.321 e. The Balaban J connectivity index is 2.50. The van der Waals surface area contributed by atoms with Crippen molar-refractivity contribution in [2.24, 2.45) is 5.73 Å². The molecule has 1 aromatic rings. The fourth-order valence-corrected chi connectivity index (χ4v) is 1.98. The van der Waals surface area contributed by atoms with E-state index in [1.54, 1.807) is 0 Å². The molecule has 1 heteroatoms. The van der Waals surface area contributed by atoms with Crippen LogP contribution in [0.4, 0.5) is 0 Å². The second kappa shape index (κ2) is 2.83. The lowest BCUT2D eigenvalue weighted by molar-refractivity contribution is 0.567. The molecule has 14 heavy (non-hydrogen) atoms. The standard InChI is InChI=1S/C13H19N/c1-12(2,3)10-6-4-5-7-11(10)13(14)8-9-13/h4-7H,8-9,14H2,1-3H3. The predicted molar refractivity (Wildman–Crippen MR) is 60.2 cm³/mol. The third kappa shape index (κ3) is 1.57. The van der Waals surface area contributed by atoms with Gasteiger partial charge in [-0.2, -0.15) is 0 Å². The first kappa shape index (κ1) is 9.72. The van der Waals surface area contributed by atoms with Crippen LogP contribution in [0.25, 0.3) is 0 Å². The lowest BCUT2D eigenvalue weighted by atomic mass is 9.81. The van der Waals surface area contributed by atoms with Crippen LogP contribution < -0.4 is 5.73 Å². The molecule has 0 aliphatic heterocycles. The van der Waals surface area contributed by atoms with Crippen LogP contribution in [0.3, 0.4) is 0 Å². The molecule has 0 atom stereocenters. The first-order valence-corrected chi connectivity index (χ1v) is 5.32. The molecule has 1 fully saturated rings. The van der Waals surface area contributed by atoms with Crippen LogP contribution in [0.5, 0.6) is 0 Å². The quantitative estimate of drug-likeness (QED) is 0.722. The summed E-state index contributed by atoms with van der Waals surface area (Å²) in [6.45, 7) is 6.74. The molecule has 0 unspecified atom stereocenters. The second-order valence-electron chi connectivity index (χ2n) is 5.45. The first-order chi connectivity index (χ1) is 6.43. The highest BCUT2D eigenvalue weighted by Crippen LogP contribution is 2.46. The lowest BCUT2D eigenvalue weighted by Gasteiger charge is -2.25.